The van der Waals surface area contributed by atoms with E-state index in [9.17, 15) is 9.59 Å². The third-order valence-electron chi connectivity index (χ3n) is 5.13. The maximum absolute atomic E-state index is 12.8. The Balaban J connectivity index is 0.00000225. The Morgan fingerprint density at radius 3 is 2.32 bits per heavy atom. The lowest BCUT2D eigenvalue weighted by molar-refractivity contribution is -0.138. The standard InChI is InChI=1S/C19H27N3O2.ClH/c1-14-6-8-15(9-7-14)18(23)21-10-2-4-16(12-21)19(24)22-11-3-5-17(20)13-22;/h6-9,16-17H,2-5,10-13,20H2,1H3;1H. The summed E-state index contributed by atoms with van der Waals surface area (Å²) >= 11 is 0. The average Bonchev–Trinajstić information content (AvgIpc) is 2.61. The first-order valence-corrected chi connectivity index (χ1v) is 8.95. The van der Waals surface area contributed by atoms with Gasteiger partial charge in [-0.2, -0.15) is 0 Å². The summed E-state index contributed by atoms with van der Waals surface area (Å²) < 4.78 is 0. The zero-order valence-electron chi connectivity index (χ0n) is 14.8. The van der Waals surface area contributed by atoms with Gasteiger partial charge in [0.25, 0.3) is 5.91 Å². The van der Waals surface area contributed by atoms with E-state index in [-0.39, 0.29) is 36.2 Å². The Morgan fingerprint density at radius 2 is 1.64 bits per heavy atom. The van der Waals surface area contributed by atoms with Crippen molar-refractivity contribution in [3.63, 3.8) is 0 Å². The molecule has 2 saturated heterocycles. The minimum atomic E-state index is -0.0848. The molecule has 138 valence electrons. The molecule has 25 heavy (non-hydrogen) atoms. The van der Waals surface area contributed by atoms with Crippen LogP contribution in [-0.4, -0.2) is 53.8 Å². The fourth-order valence-electron chi connectivity index (χ4n) is 3.71. The minimum absolute atomic E-state index is 0. The largest absolute Gasteiger partial charge is 0.341 e. The van der Waals surface area contributed by atoms with Crippen molar-refractivity contribution >= 4 is 24.2 Å². The third-order valence-corrected chi connectivity index (χ3v) is 5.13. The second-order valence-electron chi connectivity index (χ2n) is 7.14. The molecule has 3 rings (SSSR count). The van der Waals surface area contributed by atoms with Crippen LogP contribution in [0, 0.1) is 12.8 Å². The monoisotopic (exact) mass is 365 g/mol. The topological polar surface area (TPSA) is 66.6 Å². The predicted octanol–water partition coefficient (Wildman–Crippen LogP) is 2.22. The van der Waals surface area contributed by atoms with Gasteiger partial charge in [-0.05, 0) is 44.7 Å². The number of hydrogen-bond donors (Lipinski definition) is 1. The number of rotatable bonds is 2. The number of nitrogens with two attached hydrogens (primary N) is 1. The molecule has 0 spiro atoms. The van der Waals surface area contributed by atoms with Crippen molar-refractivity contribution in [1.29, 1.82) is 0 Å². The summed E-state index contributed by atoms with van der Waals surface area (Å²) in [6.45, 7) is 4.72. The van der Waals surface area contributed by atoms with Crippen molar-refractivity contribution in [3.05, 3.63) is 35.4 Å². The van der Waals surface area contributed by atoms with Gasteiger partial charge >= 0.3 is 0 Å². The normalized spacial score (nSPS) is 23.8. The molecule has 2 aliphatic rings. The second kappa shape index (κ2) is 8.68. The van der Waals surface area contributed by atoms with Crippen LogP contribution in [0.15, 0.2) is 24.3 Å². The highest BCUT2D eigenvalue weighted by atomic mass is 35.5. The molecule has 0 aliphatic carbocycles. The van der Waals surface area contributed by atoms with Crippen molar-refractivity contribution < 1.29 is 9.59 Å². The summed E-state index contributed by atoms with van der Waals surface area (Å²) in [6.07, 6.45) is 3.72. The zero-order valence-corrected chi connectivity index (χ0v) is 15.6. The molecule has 0 aromatic heterocycles. The van der Waals surface area contributed by atoms with Gasteiger partial charge in [-0.15, -0.1) is 12.4 Å². The smallest absolute Gasteiger partial charge is 0.253 e. The summed E-state index contributed by atoms with van der Waals surface area (Å²) in [5, 5.41) is 0. The molecule has 1 aromatic carbocycles. The van der Waals surface area contributed by atoms with Gasteiger partial charge in [0.2, 0.25) is 5.91 Å². The molecule has 2 fully saturated rings. The van der Waals surface area contributed by atoms with Crippen LogP contribution in [0.3, 0.4) is 0 Å². The van der Waals surface area contributed by atoms with E-state index in [0.29, 0.717) is 18.7 Å². The summed E-state index contributed by atoms with van der Waals surface area (Å²) in [5.41, 5.74) is 7.84. The highest BCUT2D eigenvalue weighted by Crippen LogP contribution is 2.22. The zero-order chi connectivity index (χ0) is 17.1. The molecule has 0 bridgehead atoms. The molecule has 2 heterocycles. The van der Waals surface area contributed by atoms with Crippen molar-refractivity contribution in [3.8, 4) is 0 Å². The van der Waals surface area contributed by atoms with Gasteiger partial charge in [0.05, 0.1) is 5.92 Å². The van der Waals surface area contributed by atoms with Crippen LogP contribution < -0.4 is 5.73 Å². The SMILES string of the molecule is Cc1ccc(C(=O)N2CCCC(C(=O)N3CCCC(N)C3)C2)cc1.Cl. The predicted molar refractivity (Wildman–Crippen MR) is 101 cm³/mol. The number of hydrogen-bond acceptors (Lipinski definition) is 3. The van der Waals surface area contributed by atoms with Gasteiger partial charge in [0, 0.05) is 37.8 Å². The Labute approximate surface area is 155 Å². The molecular formula is C19H28ClN3O2. The highest BCUT2D eigenvalue weighted by Gasteiger charge is 2.32. The first kappa shape index (κ1) is 19.7. The Kier molecular flexibility index (Phi) is 6.85. The van der Waals surface area contributed by atoms with Gasteiger partial charge in [0.1, 0.15) is 0 Å². The summed E-state index contributed by atoms with van der Waals surface area (Å²) in [7, 11) is 0. The summed E-state index contributed by atoms with van der Waals surface area (Å²) in [5.74, 6) is 0.118. The van der Waals surface area contributed by atoms with Crippen molar-refractivity contribution in [2.75, 3.05) is 26.2 Å². The van der Waals surface area contributed by atoms with Crippen LogP contribution in [0.4, 0.5) is 0 Å². The third kappa shape index (κ3) is 4.73. The maximum Gasteiger partial charge on any atom is 0.253 e. The minimum Gasteiger partial charge on any atom is -0.341 e. The number of benzene rings is 1. The molecule has 2 N–H and O–H groups in total. The van der Waals surface area contributed by atoms with Crippen LogP contribution in [0.5, 0.6) is 0 Å². The van der Waals surface area contributed by atoms with E-state index in [2.05, 4.69) is 0 Å². The molecule has 0 radical (unpaired) electrons. The lowest BCUT2D eigenvalue weighted by Gasteiger charge is -2.37. The van der Waals surface area contributed by atoms with Gasteiger partial charge in [-0.25, -0.2) is 0 Å². The van der Waals surface area contributed by atoms with E-state index in [1.807, 2.05) is 41.0 Å². The molecule has 2 atom stereocenters. The maximum atomic E-state index is 12.8. The summed E-state index contributed by atoms with van der Waals surface area (Å²) in [4.78, 5) is 29.2. The Hall–Kier alpha value is -1.59. The van der Waals surface area contributed by atoms with Crippen LogP contribution in [0.2, 0.25) is 0 Å². The number of halogens is 1. The lowest BCUT2D eigenvalue weighted by atomic mass is 9.94. The quantitative estimate of drug-likeness (QED) is 0.873. The van der Waals surface area contributed by atoms with Gasteiger partial charge in [0.15, 0.2) is 0 Å². The van der Waals surface area contributed by atoms with Gasteiger partial charge in [-0.3, -0.25) is 9.59 Å². The van der Waals surface area contributed by atoms with E-state index >= 15 is 0 Å². The number of carbonyl (C=O) groups excluding carboxylic acids is 2. The number of nitrogens with zero attached hydrogens (tertiary/aromatic N) is 2. The lowest BCUT2D eigenvalue weighted by Crippen LogP contribution is -2.51. The number of carbonyl (C=O) groups is 2. The molecule has 2 unspecified atom stereocenters. The van der Waals surface area contributed by atoms with E-state index in [1.165, 1.54) is 0 Å². The molecule has 0 saturated carbocycles. The summed E-state index contributed by atoms with van der Waals surface area (Å²) in [6, 6.07) is 7.74. The van der Waals surface area contributed by atoms with E-state index < -0.39 is 0 Å². The van der Waals surface area contributed by atoms with E-state index in [1.54, 1.807) is 0 Å². The van der Waals surface area contributed by atoms with Crippen molar-refractivity contribution in [1.82, 2.24) is 9.80 Å². The molecule has 5 nitrogen and oxygen atoms in total. The Morgan fingerprint density at radius 1 is 1.00 bits per heavy atom. The van der Waals surface area contributed by atoms with E-state index in [4.69, 9.17) is 5.73 Å². The van der Waals surface area contributed by atoms with Crippen molar-refractivity contribution in [2.24, 2.45) is 11.7 Å². The fraction of sp³-hybridized carbons (Fsp3) is 0.579. The first-order chi connectivity index (χ1) is 11.5. The molecule has 1 aromatic rings. The van der Waals surface area contributed by atoms with Crippen LogP contribution in [0.25, 0.3) is 0 Å². The fourth-order valence-corrected chi connectivity index (χ4v) is 3.71. The number of aryl methyl sites for hydroxylation is 1. The molecular weight excluding hydrogens is 338 g/mol. The van der Waals surface area contributed by atoms with Crippen LogP contribution in [0.1, 0.15) is 41.6 Å². The number of likely N-dealkylation sites (tertiary alicyclic amines) is 2. The van der Waals surface area contributed by atoms with Crippen LogP contribution in [-0.2, 0) is 4.79 Å². The van der Waals surface area contributed by atoms with Crippen molar-refractivity contribution in [2.45, 2.75) is 38.6 Å². The van der Waals surface area contributed by atoms with Gasteiger partial charge in [-0.1, -0.05) is 17.7 Å². The molecule has 2 amide bonds. The molecule has 6 heteroatoms. The highest BCUT2D eigenvalue weighted by molar-refractivity contribution is 5.94. The van der Waals surface area contributed by atoms with E-state index in [0.717, 1.165) is 44.3 Å². The second-order valence-corrected chi connectivity index (χ2v) is 7.14. The number of piperidine rings is 2. The van der Waals surface area contributed by atoms with Gasteiger partial charge < -0.3 is 15.5 Å². The number of amides is 2. The average molecular weight is 366 g/mol. The first-order valence-electron chi connectivity index (χ1n) is 8.95. The Bertz CT molecular complexity index is 605. The molecule has 2 aliphatic heterocycles. The van der Waals surface area contributed by atoms with Crippen LogP contribution >= 0.6 is 12.4 Å².